The predicted octanol–water partition coefficient (Wildman–Crippen LogP) is 5.26. The molecule has 7 nitrogen and oxygen atoms in total. The van der Waals surface area contributed by atoms with Crippen molar-refractivity contribution in [2.75, 3.05) is 49.2 Å². The van der Waals surface area contributed by atoms with E-state index >= 15 is 0 Å². The van der Waals surface area contributed by atoms with Crippen molar-refractivity contribution in [1.29, 1.82) is 0 Å². The van der Waals surface area contributed by atoms with Crippen LogP contribution < -0.4 is 9.64 Å². The summed E-state index contributed by atoms with van der Waals surface area (Å²) >= 11 is 1.94. The average molecular weight is 511 g/mol. The number of hydrogen-bond acceptors (Lipinski definition) is 7. The maximum atomic E-state index is 12.8. The lowest BCUT2D eigenvalue weighted by Crippen LogP contribution is -2.39. The number of rotatable bonds is 7. The highest BCUT2D eigenvalue weighted by Crippen LogP contribution is 2.34. The lowest BCUT2D eigenvalue weighted by molar-refractivity contribution is -0.127. The van der Waals surface area contributed by atoms with Gasteiger partial charge in [-0.3, -0.25) is 4.79 Å². The first-order valence-electron chi connectivity index (χ1n) is 13.4. The molecule has 5 rings (SSSR count). The summed E-state index contributed by atoms with van der Waals surface area (Å²) in [5.74, 6) is 5.40. The molecule has 2 fully saturated rings. The Morgan fingerprint density at radius 3 is 2.50 bits per heavy atom. The Bertz CT molecular complexity index is 1040. The van der Waals surface area contributed by atoms with Crippen LogP contribution in [-0.4, -0.2) is 65.2 Å². The van der Waals surface area contributed by atoms with Gasteiger partial charge in [-0.2, -0.15) is 16.7 Å². The van der Waals surface area contributed by atoms with E-state index < -0.39 is 0 Å². The number of allylic oxidation sites excluding steroid dienone is 1. The normalized spacial score (nSPS) is 21.5. The molecule has 2 saturated heterocycles. The van der Waals surface area contributed by atoms with Gasteiger partial charge in [0.05, 0.1) is 6.61 Å². The van der Waals surface area contributed by atoms with Crippen molar-refractivity contribution in [3.05, 3.63) is 47.3 Å². The van der Waals surface area contributed by atoms with Gasteiger partial charge in [-0.25, -0.2) is 0 Å². The number of nitrogens with zero attached hydrogens (tertiary/aromatic N) is 4. The summed E-state index contributed by atoms with van der Waals surface area (Å²) in [6.07, 6.45) is 7.17. The molecule has 1 aromatic heterocycles. The molecule has 1 atom stereocenters. The van der Waals surface area contributed by atoms with Crippen LogP contribution in [0.4, 0.5) is 6.01 Å². The van der Waals surface area contributed by atoms with Crippen LogP contribution in [0.5, 0.6) is 5.75 Å². The zero-order chi connectivity index (χ0) is 24.9. The molecule has 36 heavy (non-hydrogen) atoms. The lowest BCUT2D eigenvalue weighted by Gasteiger charge is -2.30. The summed E-state index contributed by atoms with van der Waals surface area (Å²) in [6, 6.07) is 9.26. The number of ether oxygens (including phenoxy) is 1. The quantitative estimate of drug-likeness (QED) is 0.503. The number of anilines is 1. The second-order valence-electron chi connectivity index (χ2n) is 10.5. The Morgan fingerprint density at radius 2 is 1.86 bits per heavy atom. The summed E-state index contributed by atoms with van der Waals surface area (Å²) < 4.78 is 11.6. The zero-order valence-corrected chi connectivity index (χ0v) is 22.3. The fourth-order valence-electron chi connectivity index (χ4n) is 5.23. The fraction of sp³-hybridized carbons (Fsp3) is 0.607. The number of piperidine rings is 1. The number of thioether (sulfide) groups is 1. The lowest BCUT2D eigenvalue weighted by atomic mass is 9.84. The van der Waals surface area contributed by atoms with Gasteiger partial charge < -0.3 is 19.1 Å². The zero-order valence-electron chi connectivity index (χ0n) is 21.5. The molecule has 0 radical (unpaired) electrons. The summed E-state index contributed by atoms with van der Waals surface area (Å²) in [7, 11) is 0. The van der Waals surface area contributed by atoms with Gasteiger partial charge in [-0.15, -0.1) is 0 Å². The molecule has 2 aliphatic heterocycles. The third-order valence-electron chi connectivity index (χ3n) is 7.65. The standard InChI is InChI=1S/C28H38N4O3S/c1-20(2)26-29-28(35-30-26)32-13-11-21(12-14-32)19-34-25-9-7-23(8-10-25)22-3-5-24(6-4-22)27(33)31-15-17-36-18-16-31/h5,7-10,20-22H,3-4,6,11-19H2,1-2H3. The molecule has 3 heterocycles. The van der Waals surface area contributed by atoms with Crippen LogP contribution in [0.1, 0.15) is 69.2 Å². The van der Waals surface area contributed by atoms with Gasteiger partial charge >= 0.3 is 6.01 Å². The SMILES string of the molecule is CC(C)c1noc(N2CCC(COc3ccc(C4CC=C(C(=O)N5CCSCC5)CC4)cc3)CC2)n1. The van der Waals surface area contributed by atoms with Gasteiger partial charge in [0.2, 0.25) is 5.91 Å². The molecule has 8 heteroatoms. The Balaban J connectivity index is 1.06. The number of aromatic nitrogens is 2. The Hall–Kier alpha value is -2.48. The first-order chi connectivity index (χ1) is 17.6. The highest BCUT2D eigenvalue weighted by atomic mass is 32.2. The van der Waals surface area contributed by atoms with Gasteiger partial charge in [-0.05, 0) is 61.6 Å². The highest BCUT2D eigenvalue weighted by Gasteiger charge is 2.26. The van der Waals surface area contributed by atoms with E-state index in [0.717, 1.165) is 93.5 Å². The monoisotopic (exact) mass is 510 g/mol. The summed E-state index contributed by atoms with van der Waals surface area (Å²) in [5, 5.41) is 4.08. The van der Waals surface area contributed by atoms with E-state index in [9.17, 15) is 4.79 Å². The van der Waals surface area contributed by atoms with Gasteiger partial charge in [-0.1, -0.05) is 37.2 Å². The summed E-state index contributed by atoms with van der Waals surface area (Å²) in [6.45, 7) is 8.51. The van der Waals surface area contributed by atoms with E-state index in [1.54, 1.807) is 0 Å². The molecule has 1 amide bonds. The number of carbonyl (C=O) groups is 1. The molecular formula is C28H38N4O3S. The van der Waals surface area contributed by atoms with Crippen LogP contribution in [0.15, 0.2) is 40.4 Å². The molecule has 1 unspecified atom stereocenters. The maximum Gasteiger partial charge on any atom is 0.324 e. The minimum Gasteiger partial charge on any atom is -0.493 e. The van der Waals surface area contributed by atoms with Crippen LogP contribution in [0, 0.1) is 5.92 Å². The van der Waals surface area contributed by atoms with Crippen molar-refractivity contribution in [1.82, 2.24) is 15.0 Å². The maximum absolute atomic E-state index is 12.8. The van der Waals surface area contributed by atoms with Crippen LogP contribution in [-0.2, 0) is 4.79 Å². The van der Waals surface area contributed by atoms with Gasteiger partial charge in [0, 0.05) is 49.2 Å². The third kappa shape index (κ3) is 6.07. The number of benzene rings is 1. The average Bonchev–Trinajstić information content (AvgIpc) is 3.44. The largest absolute Gasteiger partial charge is 0.493 e. The molecule has 1 aromatic carbocycles. The molecule has 0 bridgehead atoms. The van der Waals surface area contributed by atoms with Crippen molar-refractivity contribution < 1.29 is 14.1 Å². The molecule has 194 valence electrons. The summed E-state index contributed by atoms with van der Waals surface area (Å²) in [4.78, 5) is 21.5. The predicted molar refractivity (Wildman–Crippen MR) is 144 cm³/mol. The molecule has 1 aliphatic carbocycles. The highest BCUT2D eigenvalue weighted by molar-refractivity contribution is 7.99. The smallest absolute Gasteiger partial charge is 0.324 e. The van der Waals surface area contributed by atoms with Crippen molar-refractivity contribution >= 4 is 23.7 Å². The molecule has 3 aliphatic rings. The van der Waals surface area contributed by atoms with Crippen molar-refractivity contribution in [2.45, 2.75) is 57.8 Å². The first kappa shape index (κ1) is 25.2. The molecule has 2 aromatic rings. The minimum absolute atomic E-state index is 0.265. The fourth-order valence-corrected chi connectivity index (χ4v) is 6.13. The van der Waals surface area contributed by atoms with Crippen LogP contribution >= 0.6 is 11.8 Å². The van der Waals surface area contributed by atoms with Gasteiger partial charge in [0.15, 0.2) is 5.82 Å². The van der Waals surface area contributed by atoms with Gasteiger partial charge in [0.25, 0.3) is 0 Å². The van der Waals surface area contributed by atoms with Gasteiger partial charge in [0.1, 0.15) is 5.75 Å². The number of amides is 1. The molecular weight excluding hydrogens is 472 g/mol. The minimum atomic E-state index is 0.265. The van der Waals surface area contributed by atoms with Crippen molar-refractivity contribution in [3.8, 4) is 5.75 Å². The van der Waals surface area contributed by atoms with Crippen molar-refractivity contribution in [3.63, 3.8) is 0 Å². The molecule has 0 saturated carbocycles. The van der Waals surface area contributed by atoms with E-state index in [1.165, 1.54) is 5.56 Å². The van der Waals surface area contributed by atoms with E-state index in [0.29, 0.717) is 17.9 Å². The number of carbonyl (C=O) groups excluding carboxylic acids is 1. The van der Waals surface area contributed by atoms with Crippen LogP contribution in [0.2, 0.25) is 0 Å². The topological polar surface area (TPSA) is 71.7 Å². The Labute approximate surface area is 218 Å². The van der Waals surface area contributed by atoms with Crippen LogP contribution in [0.25, 0.3) is 0 Å². The van der Waals surface area contributed by atoms with E-state index in [2.05, 4.69) is 59.2 Å². The number of hydrogen-bond donors (Lipinski definition) is 0. The second-order valence-corrected chi connectivity index (χ2v) is 11.7. The molecule has 0 spiro atoms. The van der Waals surface area contributed by atoms with E-state index in [1.807, 2.05) is 16.7 Å². The van der Waals surface area contributed by atoms with Crippen molar-refractivity contribution in [2.24, 2.45) is 5.92 Å². The third-order valence-corrected chi connectivity index (χ3v) is 8.60. The first-order valence-corrected chi connectivity index (χ1v) is 14.6. The Kier molecular flexibility index (Phi) is 8.19. The van der Waals surface area contributed by atoms with E-state index in [-0.39, 0.29) is 11.8 Å². The summed E-state index contributed by atoms with van der Waals surface area (Å²) in [5.41, 5.74) is 2.36. The molecule has 0 N–H and O–H groups in total. The van der Waals surface area contributed by atoms with E-state index in [4.69, 9.17) is 9.26 Å². The van der Waals surface area contributed by atoms with Crippen LogP contribution in [0.3, 0.4) is 0 Å². The second kappa shape index (κ2) is 11.7. The Morgan fingerprint density at radius 1 is 1.11 bits per heavy atom.